The number of hydrogen-bond acceptors (Lipinski definition) is 1. The van der Waals surface area contributed by atoms with Crippen molar-refractivity contribution in [2.24, 2.45) is 11.8 Å². The van der Waals surface area contributed by atoms with Gasteiger partial charge in [0, 0.05) is 5.33 Å². The van der Waals surface area contributed by atoms with Crippen LogP contribution in [0.25, 0.3) is 0 Å². The highest BCUT2D eigenvalue weighted by Crippen LogP contribution is 2.17. The summed E-state index contributed by atoms with van der Waals surface area (Å²) in [6.45, 7) is 4.70. The minimum atomic E-state index is 0.870. The molecule has 1 aliphatic heterocycles. The Morgan fingerprint density at radius 2 is 2.38 bits per heavy atom. The molecular formula is C6H12BrN. The molecule has 1 fully saturated rings. The molecule has 0 spiro atoms. The molecule has 1 aliphatic rings. The van der Waals surface area contributed by atoms with Crippen LogP contribution in [-0.2, 0) is 0 Å². The summed E-state index contributed by atoms with van der Waals surface area (Å²) >= 11 is 3.48. The predicted octanol–water partition coefficient (Wildman–Crippen LogP) is 1.24. The SMILES string of the molecule is C[C@@H]1CNC[C@H]1CBr. The van der Waals surface area contributed by atoms with Gasteiger partial charge in [-0.15, -0.1) is 0 Å². The zero-order chi connectivity index (χ0) is 5.98. The second kappa shape index (κ2) is 2.83. The van der Waals surface area contributed by atoms with Gasteiger partial charge in [0.1, 0.15) is 0 Å². The Morgan fingerprint density at radius 1 is 1.62 bits per heavy atom. The Labute approximate surface area is 59.0 Å². The summed E-state index contributed by atoms with van der Waals surface area (Å²) in [5, 5.41) is 4.50. The number of hydrogen-bond donors (Lipinski definition) is 1. The van der Waals surface area contributed by atoms with Crippen LogP contribution >= 0.6 is 15.9 Å². The normalized spacial score (nSPS) is 38.2. The van der Waals surface area contributed by atoms with Crippen molar-refractivity contribution < 1.29 is 0 Å². The molecule has 0 aromatic carbocycles. The molecule has 1 saturated heterocycles. The van der Waals surface area contributed by atoms with Gasteiger partial charge in [-0.25, -0.2) is 0 Å². The van der Waals surface area contributed by atoms with Gasteiger partial charge >= 0.3 is 0 Å². The summed E-state index contributed by atoms with van der Waals surface area (Å²) < 4.78 is 0. The van der Waals surface area contributed by atoms with E-state index in [0.29, 0.717) is 0 Å². The first-order valence-corrected chi connectivity index (χ1v) is 4.23. The van der Waals surface area contributed by atoms with Crippen molar-refractivity contribution in [3.63, 3.8) is 0 Å². The first kappa shape index (κ1) is 6.56. The maximum absolute atomic E-state index is 3.48. The summed E-state index contributed by atoms with van der Waals surface area (Å²) in [7, 11) is 0. The summed E-state index contributed by atoms with van der Waals surface area (Å²) in [6, 6.07) is 0. The average Bonchev–Trinajstić information content (AvgIpc) is 2.14. The number of rotatable bonds is 1. The van der Waals surface area contributed by atoms with Crippen molar-refractivity contribution in [2.75, 3.05) is 18.4 Å². The van der Waals surface area contributed by atoms with Gasteiger partial charge in [0.15, 0.2) is 0 Å². The maximum Gasteiger partial charge on any atom is 0.00748 e. The highest BCUT2D eigenvalue weighted by molar-refractivity contribution is 9.09. The molecule has 2 heteroatoms. The molecule has 0 radical (unpaired) electrons. The standard InChI is InChI=1S/C6H12BrN/c1-5-3-8-4-6(5)2-7/h5-6,8H,2-4H2,1H3/t5-,6-/m1/s1. The zero-order valence-corrected chi connectivity index (χ0v) is 6.74. The third-order valence-corrected chi connectivity index (χ3v) is 2.71. The van der Waals surface area contributed by atoms with Crippen molar-refractivity contribution in [1.29, 1.82) is 0 Å². The van der Waals surface area contributed by atoms with Crippen LogP contribution in [-0.4, -0.2) is 18.4 Å². The Bertz CT molecular complexity index is 74.9. The van der Waals surface area contributed by atoms with E-state index >= 15 is 0 Å². The third-order valence-electron chi connectivity index (χ3n) is 1.88. The van der Waals surface area contributed by atoms with Crippen LogP contribution in [0.3, 0.4) is 0 Å². The maximum atomic E-state index is 3.48. The molecule has 0 aliphatic carbocycles. The van der Waals surface area contributed by atoms with Gasteiger partial charge in [-0.05, 0) is 24.9 Å². The Balaban J connectivity index is 2.30. The first-order chi connectivity index (χ1) is 3.84. The summed E-state index contributed by atoms with van der Waals surface area (Å²) in [4.78, 5) is 0. The molecule has 48 valence electrons. The van der Waals surface area contributed by atoms with Crippen molar-refractivity contribution >= 4 is 15.9 Å². The van der Waals surface area contributed by atoms with Crippen LogP contribution in [0.15, 0.2) is 0 Å². The van der Waals surface area contributed by atoms with E-state index in [2.05, 4.69) is 28.2 Å². The number of halogens is 1. The monoisotopic (exact) mass is 177 g/mol. The Kier molecular flexibility index (Phi) is 2.32. The van der Waals surface area contributed by atoms with E-state index in [1.807, 2.05) is 0 Å². The Hall–Kier alpha value is 0.440. The molecule has 1 N–H and O–H groups in total. The van der Waals surface area contributed by atoms with Crippen molar-refractivity contribution in [3.8, 4) is 0 Å². The van der Waals surface area contributed by atoms with E-state index in [4.69, 9.17) is 0 Å². The smallest absolute Gasteiger partial charge is 0.00748 e. The second-order valence-corrected chi connectivity index (χ2v) is 3.20. The van der Waals surface area contributed by atoms with Crippen LogP contribution in [0.1, 0.15) is 6.92 Å². The van der Waals surface area contributed by atoms with Crippen molar-refractivity contribution in [2.45, 2.75) is 6.92 Å². The molecule has 0 aromatic rings. The fourth-order valence-corrected chi connectivity index (χ4v) is 1.94. The minimum Gasteiger partial charge on any atom is -0.316 e. The van der Waals surface area contributed by atoms with Gasteiger partial charge in [-0.1, -0.05) is 22.9 Å². The van der Waals surface area contributed by atoms with Crippen LogP contribution in [0.4, 0.5) is 0 Å². The first-order valence-electron chi connectivity index (χ1n) is 3.11. The number of alkyl halides is 1. The quantitative estimate of drug-likeness (QED) is 0.595. The van der Waals surface area contributed by atoms with Gasteiger partial charge < -0.3 is 5.32 Å². The largest absolute Gasteiger partial charge is 0.316 e. The van der Waals surface area contributed by atoms with Crippen LogP contribution < -0.4 is 5.32 Å². The van der Waals surface area contributed by atoms with Gasteiger partial charge in [-0.3, -0.25) is 0 Å². The molecule has 8 heavy (non-hydrogen) atoms. The average molecular weight is 178 g/mol. The van der Waals surface area contributed by atoms with E-state index in [0.717, 1.165) is 17.2 Å². The summed E-state index contributed by atoms with van der Waals surface area (Å²) in [5.74, 6) is 1.74. The Morgan fingerprint density at radius 3 is 2.62 bits per heavy atom. The van der Waals surface area contributed by atoms with Gasteiger partial charge in [-0.2, -0.15) is 0 Å². The van der Waals surface area contributed by atoms with E-state index in [9.17, 15) is 0 Å². The van der Waals surface area contributed by atoms with Crippen LogP contribution in [0.5, 0.6) is 0 Å². The molecule has 0 unspecified atom stereocenters. The van der Waals surface area contributed by atoms with Crippen LogP contribution in [0, 0.1) is 11.8 Å². The zero-order valence-electron chi connectivity index (χ0n) is 5.15. The lowest BCUT2D eigenvalue weighted by atomic mass is 10.0. The van der Waals surface area contributed by atoms with E-state index < -0.39 is 0 Å². The molecular weight excluding hydrogens is 166 g/mol. The van der Waals surface area contributed by atoms with E-state index in [1.54, 1.807) is 0 Å². The fourth-order valence-electron chi connectivity index (χ4n) is 1.07. The highest BCUT2D eigenvalue weighted by Gasteiger charge is 2.20. The fraction of sp³-hybridized carbons (Fsp3) is 1.00. The molecule has 1 nitrogen and oxygen atoms in total. The second-order valence-electron chi connectivity index (χ2n) is 2.55. The van der Waals surface area contributed by atoms with Crippen LogP contribution in [0.2, 0.25) is 0 Å². The summed E-state index contributed by atoms with van der Waals surface area (Å²) in [5.41, 5.74) is 0. The number of nitrogens with one attached hydrogen (secondary N) is 1. The van der Waals surface area contributed by atoms with E-state index in [1.165, 1.54) is 13.1 Å². The molecule has 1 heterocycles. The molecule has 0 aromatic heterocycles. The van der Waals surface area contributed by atoms with Crippen molar-refractivity contribution in [3.05, 3.63) is 0 Å². The molecule has 0 bridgehead atoms. The molecule has 2 atom stereocenters. The lowest BCUT2D eigenvalue weighted by Crippen LogP contribution is -2.10. The van der Waals surface area contributed by atoms with E-state index in [-0.39, 0.29) is 0 Å². The topological polar surface area (TPSA) is 12.0 Å². The predicted molar refractivity (Wildman–Crippen MR) is 39.3 cm³/mol. The lowest BCUT2D eigenvalue weighted by molar-refractivity contribution is 0.505. The third kappa shape index (κ3) is 1.23. The minimum absolute atomic E-state index is 0.870. The highest BCUT2D eigenvalue weighted by atomic mass is 79.9. The van der Waals surface area contributed by atoms with Gasteiger partial charge in [0.05, 0.1) is 0 Å². The van der Waals surface area contributed by atoms with Crippen molar-refractivity contribution in [1.82, 2.24) is 5.32 Å². The molecule has 0 amide bonds. The van der Waals surface area contributed by atoms with Gasteiger partial charge in [0.25, 0.3) is 0 Å². The lowest BCUT2D eigenvalue weighted by Gasteiger charge is -2.07. The summed E-state index contributed by atoms with van der Waals surface area (Å²) in [6.07, 6.45) is 0. The molecule has 1 rings (SSSR count). The molecule has 0 saturated carbocycles. The van der Waals surface area contributed by atoms with Gasteiger partial charge in [0.2, 0.25) is 0 Å².